The molecule has 0 aromatic carbocycles. The van der Waals surface area contributed by atoms with Gasteiger partial charge in [-0.25, -0.2) is 14.4 Å². The number of aromatic nitrogens is 2. The lowest BCUT2D eigenvalue weighted by Gasteiger charge is -2.17. The first-order valence-electron chi connectivity index (χ1n) is 12.1. The lowest BCUT2D eigenvalue weighted by atomic mass is 10.1. The largest absolute Gasteiger partial charge is 0.476 e. The van der Waals surface area contributed by atoms with E-state index in [2.05, 4.69) is 48.3 Å². The van der Waals surface area contributed by atoms with Crippen molar-refractivity contribution in [3.63, 3.8) is 0 Å². The zero-order chi connectivity index (χ0) is 25.8. The molecule has 4 rings (SSSR count). The van der Waals surface area contributed by atoms with E-state index in [1.165, 1.54) is 7.05 Å². The van der Waals surface area contributed by atoms with Crippen molar-refractivity contribution in [2.75, 3.05) is 51.3 Å². The van der Waals surface area contributed by atoms with Crippen LogP contribution < -0.4 is 15.4 Å². The molecular formula is C26H33FN8O. The quantitative estimate of drug-likeness (QED) is 0.533. The summed E-state index contributed by atoms with van der Waals surface area (Å²) in [5.74, 6) is 1.23. The van der Waals surface area contributed by atoms with Crippen molar-refractivity contribution in [1.82, 2.24) is 14.9 Å². The molecule has 2 aromatic rings. The Balaban J connectivity index is 0.00000176. The van der Waals surface area contributed by atoms with E-state index < -0.39 is 6.17 Å². The third-order valence-corrected chi connectivity index (χ3v) is 5.91. The second-order valence-corrected chi connectivity index (χ2v) is 8.28. The highest BCUT2D eigenvalue weighted by Gasteiger charge is 2.21. The minimum Gasteiger partial charge on any atom is -0.476 e. The summed E-state index contributed by atoms with van der Waals surface area (Å²) in [5.41, 5.74) is 6.97. The lowest BCUT2D eigenvalue weighted by Crippen LogP contribution is -2.26. The summed E-state index contributed by atoms with van der Waals surface area (Å²) in [5, 5.41) is 9.58. The Bertz CT molecular complexity index is 1090. The van der Waals surface area contributed by atoms with Crippen LogP contribution in [-0.2, 0) is 0 Å². The number of aliphatic imine (C=N–C) groups is 2. The number of allylic oxidation sites excluding steroid dienone is 1. The molecule has 36 heavy (non-hydrogen) atoms. The van der Waals surface area contributed by atoms with Gasteiger partial charge in [0, 0.05) is 56.8 Å². The van der Waals surface area contributed by atoms with Crippen molar-refractivity contribution in [2.45, 2.75) is 25.4 Å². The van der Waals surface area contributed by atoms with Gasteiger partial charge in [0.1, 0.15) is 24.7 Å². The Morgan fingerprint density at radius 1 is 1.28 bits per heavy atom. The summed E-state index contributed by atoms with van der Waals surface area (Å²) in [7, 11) is 1.50. The van der Waals surface area contributed by atoms with Gasteiger partial charge in [-0.05, 0) is 51.2 Å². The average Bonchev–Trinajstić information content (AvgIpc) is 3.60. The van der Waals surface area contributed by atoms with Crippen LogP contribution in [0.15, 0.2) is 46.7 Å². The summed E-state index contributed by atoms with van der Waals surface area (Å²) < 4.78 is 18.9. The molecule has 2 N–H and O–H groups in total. The number of rotatable bonds is 9. The smallest absolute Gasteiger partial charge is 0.213 e. The fourth-order valence-corrected chi connectivity index (χ4v) is 4.10. The van der Waals surface area contributed by atoms with Crippen molar-refractivity contribution in [3.05, 3.63) is 47.8 Å². The van der Waals surface area contributed by atoms with Gasteiger partial charge in [-0.1, -0.05) is 0 Å². The molecule has 1 atom stereocenters. The third-order valence-electron chi connectivity index (χ3n) is 5.91. The normalized spacial score (nSPS) is 18.1. The summed E-state index contributed by atoms with van der Waals surface area (Å²) >= 11 is 0. The van der Waals surface area contributed by atoms with Crippen LogP contribution >= 0.6 is 0 Å². The van der Waals surface area contributed by atoms with Gasteiger partial charge in [-0.15, -0.1) is 0 Å². The summed E-state index contributed by atoms with van der Waals surface area (Å²) in [6, 6.07) is 7.60. The van der Waals surface area contributed by atoms with Crippen LogP contribution in [0.3, 0.4) is 0 Å². The van der Waals surface area contributed by atoms with E-state index in [9.17, 15) is 9.65 Å². The maximum absolute atomic E-state index is 13.2. The summed E-state index contributed by atoms with van der Waals surface area (Å²) in [6.07, 6.45) is 8.78. The first-order valence-corrected chi connectivity index (χ1v) is 12.1. The molecule has 0 radical (unpaired) electrons. The van der Waals surface area contributed by atoms with Gasteiger partial charge in [0.15, 0.2) is 0 Å². The first kappa shape index (κ1) is 26.9. The molecule has 10 heteroatoms. The van der Waals surface area contributed by atoms with Gasteiger partial charge in [0.05, 0.1) is 23.1 Å². The van der Waals surface area contributed by atoms with Gasteiger partial charge >= 0.3 is 0 Å². The van der Waals surface area contributed by atoms with Crippen molar-refractivity contribution in [1.29, 1.82) is 5.26 Å². The Morgan fingerprint density at radius 2 is 2.08 bits per heavy atom. The molecule has 190 valence electrons. The molecule has 2 aromatic heterocycles. The number of pyridine rings is 2. The Kier molecular flexibility index (Phi) is 10.5. The van der Waals surface area contributed by atoms with Crippen LogP contribution in [0.5, 0.6) is 5.88 Å². The molecule has 2 saturated heterocycles. The van der Waals surface area contributed by atoms with Crippen LogP contribution in [0, 0.1) is 11.3 Å². The minimum atomic E-state index is -0.722. The average molecular weight is 493 g/mol. The number of halogens is 1. The highest BCUT2D eigenvalue weighted by atomic mass is 19.1. The van der Waals surface area contributed by atoms with E-state index in [1.54, 1.807) is 42.9 Å². The highest BCUT2D eigenvalue weighted by molar-refractivity contribution is 5.86. The predicted octanol–water partition coefficient (Wildman–Crippen LogP) is 3.39. The van der Waals surface area contributed by atoms with Crippen molar-refractivity contribution in [3.8, 4) is 11.9 Å². The topological polar surface area (TPSA) is 116 Å². The molecule has 0 saturated carbocycles. The van der Waals surface area contributed by atoms with Crippen molar-refractivity contribution in [2.24, 2.45) is 15.7 Å². The Hall–Kier alpha value is -3.68. The van der Waals surface area contributed by atoms with E-state index >= 15 is 0 Å². The number of nitriles is 1. The van der Waals surface area contributed by atoms with Crippen LogP contribution in [0.1, 0.15) is 30.4 Å². The monoisotopic (exact) mass is 492 g/mol. The van der Waals surface area contributed by atoms with Gasteiger partial charge < -0.3 is 15.4 Å². The van der Waals surface area contributed by atoms with Gasteiger partial charge in [-0.2, -0.15) is 5.26 Å². The highest BCUT2D eigenvalue weighted by Crippen LogP contribution is 2.25. The second kappa shape index (κ2) is 14.0. The van der Waals surface area contributed by atoms with E-state index in [0.717, 1.165) is 38.3 Å². The molecule has 0 bridgehead atoms. The molecule has 2 aliphatic heterocycles. The SMILES string of the molecule is C=N/C(=C\C=Nc1ccc(OCCN2CCC(F)C2)nc1)c1cnc(N2CCCC2)c(C#N)c1.CN. The number of hydrogen-bond donors (Lipinski definition) is 1. The Labute approximate surface area is 211 Å². The van der Waals surface area contributed by atoms with E-state index in [1.807, 2.05) is 0 Å². The number of hydrogen-bond acceptors (Lipinski definition) is 9. The van der Waals surface area contributed by atoms with E-state index in [-0.39, 0.29) is 0 Å². The maximum Gasteiger partial charge on any atom is 0.213 e. The number of nitrogens with zero attached hydrogens (tertiary/aromatic N) is 7. The van der Waals surface area contributed by atoms with Gasteiger partial charge in [-0.3, -0.25) is 14.9 Å². The molecule has 2 fully saturated rings. The zero-order valence-electron chi connectivity index (χ0n) is 20.7. The predicted molar refractivity (Wildman–Crippen MR) is 142 cm³/mol. The fraction of sp³-hybridized carbons (Fsp3) is 0.423. The molecule has 2 aliphatic rings. The van der Waals surface area contributed by atoms with Crippen LogP contribution in [0.4, 0.5) is 15.9 Å². The molecule has 4 heterocycles. The lowest BCUT2D eigenvalue weighted by molar-refractivity contribution is 0.220. The molecule has 0 amide bonds. The molecule has 0 spiro atoms. The van der Waals surface area contributed by atoms with Crippen molar-refractivity contribution >= 4 is 30.1 Å². The van der Waals surface area contributed by atoms with Crippen LogP contribution in [0.25, 0.3) is 5.70 Å². The number of anilines is 1. The molecule has 0 aliphatic carbocycles. The van der Waals surface area contributed by atoms with E-state index in [4.69, 9.17) is 4.74 Å². The third kappa shape index (κ3) is 7.41. The Morgan fingerprint density at radius 3 is 2.72 bits per heavy atom. The van der Waals surface area contributed by atoms with E-state index in [0.29, 0.717) is 54.5 Å². The van der Waals surface area contributed by atoms with Gasteiger partial charge in [0.25, 0.3) is 0 Å². The zero-order valence-corrected chi connectivity index (χ0v) is 20.7. The van der Waals surface area contributed by atoms with Crippen LogP contribution in [-0.4, -0.2) is 80.3 Å². The standard InChI is InChI=1S/C25H28FN7O.CH5N/c1-28-23(20-14-19(15-27)25(31-16-20)33-9-2-3-10-33)6-8-29-22-4-5-24(30-17-22)34-13-12-32-11-7-21(26)18-32;1-2/h4-6,8,14,16-17,21H,1-3,7,9-13,18H2;2H2,1H3/b23-6-,29-8?;. The first-order chi connectivity index (χ1) is 17.7. The van der Waals surface area contributed by atoms with Crippen molar-refractivity contribution < 1.29 is 9.13 Å². The number of alkyl halides is 1. The van der Waals surface area contributed by atoms with Gasteiger partial charge in [0.2, 0.25) is 5.88 Å². The second-order valence-electron chi connectivity index (χ2n) is 8.28. The molecule has 9 nitrogen and oxygen atoms in total. The maximum atomic E-state index is 13.2. The molecule has 1 unspecified atom stereocenters. The summed E-state index contributed by atoms with van der Waals surface area (Å²) in [4.78, 5) is 21.4. The minimum absolute atomic E-state index is 0.467. The number of likely N-dealkylation sites (tertiary alicyclic amines) is 1. The molecular weight excluding hydrogens is 459 g/mol. The number of ether oxygens (including phenoxy) is 1. The van der Waals surface area contributed by atoms with Crippen LogP contribution in [0.2, 0.25) is 0 Å². The number of nitrogens with two attached hydrogens (primary N) is 1. The summed E-state index contributed by atoms with van der Waals surface area (Å²) in [6.45, 7) is 7.89. The fourth-order valence-electron chi connectivity index (χ4n) is 4.10.